The molecular formula is C13H19BrN2O. The molecule has 1 saturated carbocycles. The molecule has 1 fully saturated rings. The van der Waals surface area contributed by atoms with Gasteiger partial charge >= 0.3 is 0 Å². The number of aromatic nitrogens is 1. The molecule has 0 aromatic carbocycles. The number of nitrogens with zero attached hydrogens (tertiary/aromatic N) is 1. The van der Waals surface area contributed by atoms with Crippen molar-refractivity contribution in [3.05, 3.63) is 22.8 Å². The summed E-state index contributed by atoms with van der Waals surface area (Å²) in [5, 5.41) is 13.7. The summed E-state index contributed by atoms with van der Waals surface area (Å²) in [5.41, 5.74) is -0.563. The molecule has 0 amide bonds. The Morgan fingerprint density at radius 2 is 2.41 bits per heavy atom. The predicted molar refractivity (Wildman–Crippen MR) is 73.0 cm³/mol. The van der Waals surface area contributed by atoms with Crippen LogP contribution in [0.2, 0.25) is 0 Å². The Bertz CT molecular complexity index is 368. The summed E-state index contributed by atoms with van der Waals surface area (Å²) in [5.74, 6) is 1.44. The van der Waals surface area contributed by atoms with Crippen LogP contribution >= 0.6 is 15.9 Å². The number of anilines is 1. The van der Waals surface area contributed by atoms with Gasteiger partial charge in [0.1, 0.15) is 5.82 Å². The van der Waals surface area contributed by atoms with E-state index in [0.29, 0.717) is 12.5 Å². The van der Waals surface area contributed by atoms with Gasteiger partial charge in [0.2, 0.25) is 0 Å². The molecule has 0 aliphatic heterocycles. The van der Waals surface area contributed by atoms with E-state index < -0.39 is 5.60 Å². The molecule has 0 radical (unpaired) electrons. The van der Waals surface area contributed by atoms with Crippen LogP contribution in [0.4, 0.5) is 5.82 Å². The second kappa shape index (κ2) is 5.36. The summed E-state index contributed by atoms with van der Waals surface area (Å²) in [6.07, 6.45) is 5.89. The molecule has 2 rings (SSSR count). The molecule has 0 spiro atoms. The Morgan fingerprint density at radius 3 is 3.06 bits per heavy atom. The first-order valence-electron chi connectivity index (χ1n) is 6.15. The Kier molecular flexibility index (Phi) is 4.05. The monoisotopic (exact) mass is 298 g/mol. The highest BCUT2D eigenvalue weighted by Gasteiger charge is 2.32. The van der Waals surface area contributed by atoms with Crippen molar-refractivity contribution in [2.45, 2.75) is 38.2 Å². The van der Waals surface area contributed by atoms with Crippen LogP contribution in [0.15, 0.2) is 22.8 Å². The minimum atomic E-state index is -0.563. The number of nitrogens with one attached hydrogen (secondary N) is 1. The molecule has 0 bridgehead atoms. The normalized spacial score (nSPS) is 29.0. The first-order valence-corrected chi connectivity index (χ1v) is 6.94. The quantitative estimate of drug-likeness (QED) is 0.901. The van der Waals surface area contributed by atoms with Gasteiger partial charge in [-0.2, -0.15) is 0 Å². The molecular weight excluding hydrogens is 280 g/mol. The molecule has 2 N–H and O–H groups in total. The van der Waals surface area contributed by atoms with E-state index in [1.807, 2.05) is 12.1 Å². The standard InChI is InChI=1S/C13H19BrN2O/c1-10-3-2-6-13(17,7-10)9-16-12-5-4-11(14)8-15-12/h4-5,8,10,17H,2-3,6-7,9H2,1H3,(H,15,16). The van der Waals surface area contributed by atoms with Gasteiger partial charge in [-0.15, -0.1) is 0 Å². The number of hydrogen-bond acceptors (Lipinski definition) is 3. The molecule has 1 aliphatic rings. The average Bonchev–Trinajstić information content (AvgIpc) is 2.28. The summed E-state index contributed by atoms with van der Waals surface area (Å²) in [7, 11) is 0. The lowest BCUT2D eigenvalue weighted by Crippen LogP contribution is -2.41. The summed E-state index contributed by atoms with van der Waals surface area (Å²) in [6, 6.07) is 3.86. The van der Waals surface area contributed by atoms with Gasteiger partial charge in [-0.3, -0.25) is 0 Å². The number of aliphatic hydroxyl groups is 1. The maximum atomic E-state index is 10.5. The van der Waals surface area contributed by atoms with Crippen LogP contribution in [0.3, 0.4) is 0 Å². The van der Waals surface area contributed by atoms with Gasteiger partial charge in [0.05, 0.1) is 5.60 Å². The Labute approximate surface area is 111 Å². The molecule has 94 valence electrons. The molecule has 1 aliphatic carbocycles. The van der Waals surface area contributed by atoms with Crippen LogP contribution in [-0.2, 0) is 0 Å². The Hall–Kier alpha value is -0.610. The number of halogens is 1. The molecule has 17 heavy (non-hydrogen) atoms. The fourth-order valence-corrected chi connectivity index (χ4v) is 2.76. The third kappa shape index (κ3) is 3.68. The Morgan fingerprint density at radius 1 is 1.59 bits per heavy atom. The highest BCUT2D eigenvalue weighted by molar-refractivity contribution is 9.10. The van der Waals surface area contributed by atoms with Crippen molar-refractivity contribution in [3.63, 3.8) is 0 Å². The zero-order valence-corrected chi connectivity index (χ0v) is 11.7. The van der Waals surface area contributed by atoms with Crippen molar-refractivity contribution in [1.29, 1.82) is 0 Å². The van der Waals surface area contributed by atoms with E-state index in [2.05, 4.69) is 33.2 Å². The molecule has 1 heterocycles. The molecule has 1 aromatic heterocycles. The number of hydrogen-bond donors (Lipinski definition) is 2. The molecule has 0 saturated heterocycles. The van der Waals surface area contributed by atoms with E-state index in [1.54, 1.807) is 6.20 Å². The summed E-state index contributed by atoms with van der Waals surface area (Å²) < 4.78 is 0.966. The third-order valence-electron chi connectivity index (χ3n) is 3.39. The highest BCUT2D eigenvalue weighted by atomic mass is 79.9. The van der Waals surface area contributed by atoms with Crippen molar-refractivity contribution >= 4 is 21.7 Å². The van der Waals surface area contributed by atoms with Crippen LogP contribution in [0.1, 0.15) is 32.6 Å². The minimum absolute atomic E-state index is 0.563. The summed E-state index contributed by atoms with van der Waals surface area (Å²) in [6.45, 7) is 2.80. The van der Waals surface area contributed by atoms with E-state index in [4.69, 9.17) is 0 Å². The number of pyridine rings is 1. The van der Waals surface area contributed by atoms with Crippen molar-refractivity contribution < 1.29 is 5.11 Å². The van der Waals surface area contributed by atoms with Gasteiger partial charge < -0.3 is 10.4 Å². The van der Waals surface area contributed by atoms with E-state index >= 15 is 0 Å². The highest BCUT2D eigenvalue weighted by Crippen LogP contribution is 2.32. The molecule has 3 nitrogen and oxygen atoms in total. The summed E-state index contributed by atoms with van der Waals surface area (Å²) >= 11 is 3.35. The maximum Gasteiger partial charge on any atom is 0.126 e. The average molecular weight is 299 g/mol. The van der Waals surface area contributed by atoms with Crippen molar-refractivity contribution in [2.75, 3.05) is 11.9 Å². The van der Waals surface area contributed by atoms with Crippen LogP contribution in [0.25, 0.3) is 0 Å². The van der Waals surface area contributed by atoms with E-state index in [9.17, 15) is 5.11 Å². The zero-order valence-electron chi connectivity index (χ0n) is 10.1. The lowest BCUT2D eigenvalue weighted by molar-refractivity contribution is -0.000825. The molecule has 2 unspecified atom stereocenters. The topological polar surface area (TPSA) is 45.1 Å². The number of rotatable bonds is 3. The van der Waals surface area contributed by atoms with Gasteiger partial charge in [-0.25, -0.2) is 4.98 Å². The van der Waals surface area contributed by atoms with Gasteiger partial charge in [0.25, 0.3) is 0 Å². The SMILES string of the molecule is CC1CCCC(O)(CNc2ccc(Br)cn2)C1. The van der Waals surface area contributed by atoms with Gasteiger partial charge in [-0.05, 0) is 46.8 Å². The third-order valence-corrected chi connectivity index (χ3v) is 3.86. The Balaban J connectivity index is 1.90. The van der Waals surface area contributed by atoms with Crippen LogP contribution in [-0.4, -0.2) is 22.2 Å². The minimum Gasteiger partial charge on any atom is -0.388 e. The van der Waals surface area contributed by atoms with Gasteiger partial charge in [0, 0.05) is 17.2 Å². The van der Waals surface area contributed by atoms with E-state index in [-0.39, 0.29) is 0 Å². The predicted octanol–water partition coefficient (Wildman–Crippen LogP) is 3.20. The molecule has 4 heteroatoms. The summed E-state index contributed by atoms with van der Waals surface area (Å²) in [4.78, 5) is 4.24. The lowest BCUT2D eigenvalue weighted by atomic mass is 9.79. The van der Waals surface area contributed by atoms with Gasteiger partial charge in [0.15, 0.2) is 0 Å². The van der Waals surface area contributed by atoms with E-state index in [0.717, 1.165) is 29.6 Å². The van der Waals surface area contributed by atoms with E-state index in [1.165, 1.54) is 6.42 Å². The molecule has 1 aromatic rings. The smallest absolute Gasteiger partial charge is 0.126 e. The van der Waals surface area contributed by atoms with Crippen molar-refractivity contribution in [3.8, 4) is 0 Å². The molecule has 2 atom stereocenters. The van der Waals surface area contributed by atoms with Crippen LogP contribution < -0.4 is 5.32 Å². The fraction of sp³-hybridized carbons (Fsp3) is 0.615. The largest absolute Gasteiger partial charge is 0.388 e. The van der Waals surface area contributed by atoms with Gasteiger partial charge in [-0.1, -0.05) is 19.8 Å². The second-order valence-electron chi connectivity index (χ2n) is 5.14. The second-order valence-corrected chi connectivity index (χ2v) is 6.06. The fourth-order valence-electron chi connectivity index (χ4n) is 2.53. The van der Waals surface area contributed by atoms with Crippen LogP contribution in [0, 0.1) is 5.92 Å². The first-order chi connectivity index (χ1) is 8.07. The van der Waals surface area contributed by atoms with Crippen molar-refractivity contribution in [2.24, 2.45) is 5.92 Å². The maximum absolute atomic E-state index is 10.5. The zero-order chi connectivity index (χ0) is 12.3. The van der Waals surface area contributed by atoms with Crippen molar-refractivity contribution in [1.82, 2.24) is 4.98 Å². The lowest BCUT2D eigenvalue weighted by Gasteiger charge is -2.35. The first kappa shape index (κ1) is 12.8. The van der Waals surface area contributed by atoms with Crippen LogP contribution in [0.5, 0.6) is 0 Å².